The molecule has 0 saturated heterocycles. The fourth-order valence-electron chi connectivity index (χ4n) is 3.85. The molecule has 0 aromatic carbocycles. The van der Waals surface area contributed by atoms with Crippen molar-refractivity contribution in [2.24, 2.45) is 11.1 Å². The van der Waals surface area contributed by atoms with Crippen LogP contribution in [0.2, 0.25) is 0 Å². The lowest BCUT2D eigenvalue weighted by Crippen LogP contribution is -2.62. The minimum atomic E-state index is 0.325. The molecule has 3 heteroatoms. The van der Waals surface area contributed by atoms with E-state index in [0.29, 0.717) is 17.6 Å². The van der Waals surface area contributed by atoms with Gasteiger partial charge in [0.2, 0.25) is 0 Å². The van der Waals surface area contributed by atoms with Crippen molar-refractivity contribution >= 4 is 11.3 Å². The zero-order valence-electron chi connectivity index (χ0n) is 11.6. The monoisotopic (exact) mass is 279 g/mol. The predicted molar refractivity (Wildman–Crippen MR) is 80.5 cm³/mol. The van der Waals surface area contributed by atoms with Crippen molar-refractivity contribution in [3.05, 3.63) is 22.4 Å². The van der Waals surface area contributed by atoms with Gasteiger partial charge >= 0.3 is 0 Å². The summed E-state index contributed by atoms with van der Waals surface area (Å²) in [6.07, 6.45) is 10.6. The quantitative estimate of drug-likeness (QED) is 0.911. The molecule has 2 aliphatic carbocycles. The molecule has 2 aliphatic rings. The first-order chi connectivity index (χ1) is 9.31. The van der Waals surface area contributed by atoms with Crippen LogP contribution in [0.5, 0.6) is 0 Å². The maximum absolute atomic E-state index is 6.34. The summed E-state index contributed by atoms with van der Waals surface area (Å²) in [5, 5.41) is 2.14. The van der Waals surface area contributed by atoms with Gasteiger partial charge < -0.3 is 10.5 Å². The molecule has 0 bridgehead atoms. The standard InChI is InChI=1S/C16H25NOS/c17-14-12-15(16(14)8-3-1-2-4-9-16)18-10-7-13-6-5-11-19-13/h5-6,11,14-15H,1-4,7-10,12,17H2. The molecule has 2 saturated carbocycles. The van der Waals surface area contributed by atoms with Gasteiger partial charge in [-0.3, -0.25) is 0 Å². The van der Waals surface area contributed by atoms with Crippen LogP contribution < -0.4 is 5.73 Å². The predicted octanol–water partition coefficient (Wildman–Crippen LogP) is 3.75. The van der Waals surface area contributed by atoms with Crippen molar-refractivity contribution in [2.75, 3.05) is 6.61 Å². The number of nitrogens with two attached hydrogens (primary N) is 1. The van der Waals surface area contributed by atoms with Crippen molar-refractivity contribution in [1.29, 1.82) is 0 Å². The molecule has 19 heavy (non-hydrogen) atoms. The molecule has 2 unspecified atom stereocenters. The van der Waals surface area contributed by atoms with E-state index in [2.05, 4.69) is 17.5 Å². The zero-order valence-corrected chi connectivity index (χ0v) is 12.5. The van der Waals surface area contributed by atoms with Crippen LogP contribution in [0.15, 0.2) is 17.5 Å². The van der Waals surface area contributed by atoms with Gasteiger partial charge in [0.25, 0.3) is 0 Å². The Kier molecular flexibility index (Phi) is 4.25. The molecule has 2 nitrogen and oxygen atoms in total. The summed E-state index contributed by atoms with van der Waals surface area (Å²) in [4.78, 5) is 1.43. The van der Waals surface area contributed by atoms with Gasteiger partial charge in [0.1, 0.15) is 0 Å². The van der Waals surface area contributed by atoms with Crippen LogP contribution in [0, 0.1) is 5.41 Å². The summed E-state index contributed by atoms with van der Waals surface area (Å²) in [6, 6.07) is 4.70. The Labute approximate surface area is 120 Å². The Morgan fingerprint density at radius 3 is 2.68 bits per heavy atom. The Hall–Kier alpha value is -0.380. The van der Waals surface area contributed by atoms with Gasteiger partial charge in [0, 0.05) is 22.8 Å². The third-order valence-electron chi connectivity index (χ3n) is 5.13. The highest BCUT2D eigenvalue weighted by Gasteiger charge is 2.53. The lowest BCUT2D eigenvalue weighted by Gasteiger charge is -2.54. The van der Waals surface area contributed by atoms with Gasteiger partial charge in [-0.1, -0.05) is 31.7 Å². The summed E-state index contributed by atoms with van der Waals surface area (Å²) in [6.45, 7) is 0.861. The fraction of sp³-hybridized carbons (Fsp3) is 0.750. The van der Waals surface area contributed by atoms with E-state index in [-0.39, 0.29) is 0 Å². The molecule has 0 amide bonds. The van der Waals surface area contributed by atoms with Gasteiger partial charge in [-0.25, -0.2) is 0 Å². The highest BCUT2D eigenvalue weighted by Crippen LogP contribution is 2.51. The molecule has 2 fully saturated rings. The molecule has 106 valence electrons. The van der Waals surface area contributed by atoms with Crippen molar-refractivity contribution in [1.82, 2.24) is 0 Å². The van der Waals surface area contributed by atoms with Gasteiger partial charge in [0.15, 0.2) is 0 Å². The lowest BCUT2D eigenvalue weighted by atomic mass is 9.58. The van der Waals surface area contributed by atoms with E-state index in [9.17, 15) is 0 Å². The first-order valence-corrected chi connectivity index (χ1v) is 8.59. The van der Waals surface area contributed by atoms with E-state index >= 15 is 0 Å². The molecule has 0 radical (unpaired) electrons. The summed E-state index contributed by atoms with van der Waals surface area (Å²) in [5.41, 5.74) is 6.66. The molecule has 1 spiro atoms. The number of thiophene rings is 1. The zero-order chi connectivity index (χ0) is 13.1. The Balaban J connectivity index is 1.52. The molecule has 1 aromatic heterocycles. The van der Waals surface area contributed by atoms with Crippen LogP contribution in [0.4, 0.5) is 0 Å². The van der Waals surface area contributed by atoms with Gasteiger partial charge in [-0.05, 0) is 30.7 Å². The average molecular weight is 279 g/mol. The molecule has 1 heterocycles. The summed E-state index contributed by atoms with van der Waals surface area (Å²) < 4.78 is 6.20. The third kappa shape index (κ3) is 2.74. The number of hydrogen-bond donors (Lipinski definition) is 1. The molecule has 2 atom stereocenters. The summed E-state index contributed by atoms with van der Waals surface area (Å²) >= 11 is 1.83. The average Bonchev–Trinajstić information content (AvgIpc) is 2.78. The van der Waals surface area contributed by atoms with Crippen molar-refractivity contribution in [3.8, 4) is 0 Å². The van der Waals surface area contributed by atoms with Gasteiger partial charge in [-0.15, -0.1) is 11.3 Å². The van der Waals surface area contributed by atoms with Crippen molar-refractivity contribution in [2.45, 2.75) is 63.5 Å². The second-order valence-electron chi connectivity index (χ2n) is 6.18. The third-order valence-corrected chi connectivity index (χ3v) is 6.07. The minimum Gasteiger partial charge on any atom is -0.377 e. The number of ether oxygens (including phenoxy) is 1. The van der Waals surface area contributed by atoms with E-state index in [4.69, 9.17) is 10.5 Å². The molecule has 1 aromatic rings. The highest BCUT2D eigenvalue weighted by atomic mass is 32.1. The Bertz CT molecular complexity index is 381. The minimum absolute atomic E-state index is 0.325. The van der Waals surface area contributed by atoms with Crippen LogP contribution in [0.3, 0.4) is 0 Å². The van der Waals surface area contributed by atoms with Crippen molar-refractivity contribution in [3.63, 3.8) is 0 Å². The van der Waals surface area contributed by atoms with Crippen LogP contribution in [0.25, 0.3) is 0 Å². The highest BCUT2D eigenvalue weighted by molar-refractivity contribution is 7.09. The van der Waals surface area contributed by atoms with Crippen molar-refractivity contribution < 1.29 is 4.74 Å². The van der Waals surface area contributed by atoms with Gasteiger partial charge in [-0.2, -0.15) is 0 Å². The number of hydrogen-bond acceptors (Lipinski definition) is 3. The normalized spacial score (nSPS) is 29.9. The van der Waals surface area contributed by atoms with Gasteiger partial charge in [0.05, 0.1) is 12.7 Å². The molecule has 3 rings (SSSR count). The van der Waals surface area contributed by atoms with E-state index in [1.165, 1.54) is 43.4 Å². The van der Waals surface area contributed by atoms with Crippen LogP contribution in [0.1, 0.15) is 49.8 Å². The molecular formula is C16H25NOS. The van der Waals surface area contributed by atoms with Crippen LogP contribution in [-0.4, -0.2) is 18.8 Å². The van der Waals surface area contributed by atoms with Crippen LogP contribution in [-0.2, 0) is 11.2 Å². The van der Waals surface area contributed by atoms with E-state index < -0.39 is 0 Å². The largest absolute Gasteiger partial charge is 0.377 e. The molecule has 2 N–H and O–H groups in total. The Morgan fingerprint density at radius 2 is 2.05 bits per heavy atom. The Morgan fingerprint density at radius 1 is 1.26 bits per heavy atom. The smallest absolute Gasteiger partial charge is 0.0661 e. The second kappa shape index (κ2) is 5.94. The lowest BCUT2D eigenvalue weighted by molar-refractivity contribution is -0.133. The summed E-state index contributed by atoms with van der Waals surface area (Å²) in [7, 11) is 0. The first-order valence-electron chi connectivity index (χ1n) is 7.71. The van der Waals surface area contributed by atoms with E-state index in [1.54, 1.807) is 0 Å². The maximum atomic E-state index is 6.34. The molecular weight excluding hydrogens is 254 g/mol. The van der Waals surface area contributed by atoms with E-state index in [1.807, 2.05) is 11.3 Å². The topological polar surface area (TPSA) is 35.2 Å². The maximum Gasteiger partial charge on any atom is 0.0661 e. The fourth-order valence-corrected chi connectivity index (χ4v) is 4.54. The SMILES string of the molecule is NC1CC(OCCc2cccs2)C12CCCCCC2. The molecule has 0 aliphatic heterocycles. The summed E-state index contributed by atoms with van der Waals surface area (Å²) in [5.74, 6) is 0. The first kappa shape index (κ1) is 13.6. The second-order valence-corrected chi connectivity index (χ2v) is 7.21. The van der Waals surface area contributed by atoms with Crippen LogP contribution >= 0.6 is 11.3 Å². The number of rotatable bonds is 4. The van der Waals surface area contributed by atoms with E-state index in [0.717, 1.165) is 19.4 Å².